The van der Waals surface area contributed by atoms with Crippen LogP contribution in [0.3, 0.4) is 0 Å². The van der Waals surface area contributed by atoms with E-state index in [0.29, 0.717) is 23.0 Å². The molecule has 0 aromatic heterocycles. The van der Waals surface area contributed by atoms with E-state index in [4.69, 9.17) is 0 Å². The second-order valence-corrected chi connectivity index (χ2v) is 5.69. The number of benzene rings is 1. The molecule has 0 spiro atoms. The molecule has 0 radical (unpaired) electrons. The molecule has 20 heavy (non-hydrogen) atoms. The van der Waals surface area contributed by atoms with Crippen molar-refractivity contribution in [3.8, 4) is 0 Å². The summed E-state index contributed by atoms with van der Waals surface area (Å²) in [4.78, 5) is 23.2. The molecule has 1 saturated carbocycles. The van der Waals surface area contributed by atoms with Crippen molar-refractivity contribution in [2.45, 2.75) is 24.9 Å². The van der Waals surface area contributed by atoms with E-state index in [1.807, 2.05) is 0 Å². The SMILES string of the molecule is O=C(NCC1(O)CCC1)C(=O)Nc1ccc(F)cc1Br. The van der Waals surface area contributed by atoms with Crippen LogP contribution in [0.5, 0.6) is 0 Å². The van der Waals surface area contributed by atoms with Gasteiger partial charge >= 0.3 is 11.8 Å². The van der Waals surface area contributed by atoms with Crippen molar-refractivity contribution in [1.29, 1.82) is 0 Å². The number of hydrogen-bond donors (Lipinski definition) is 3. The first kappa shape index (κ1) is 14.9. The molecule has 0 aliphatic heterocycles. The molecule has 5 nitrogen and oxygen atoms in total. The highest BCUT2D eigenvalue weighted by Gasteiger charge is 2.35. The van der Waals surface area contributed by atoms with Crippen LogP contribution in [0.25, 0.3) is 0 Å². The van der Waals surface area contributed by atoms with E-state index in [1.165, 1.54) is 18.2 Å². The molecule has 1 fully saturated rings. The van der Waals surface area contributed by atoms with Gasteiger partial charge in [-0.3, -0.25) is 9.59 Å². The molecule has 0 atom stereocenters. The third-order valence-corrected chi connectivity index (χ3v) is 3.90. The summed E-state index contributed by atoms with van der Waals surface area (Å²) in [5.74, 6) is -2.15. The van der Waals surface area contributed by atoms with Crippen molar-refractivity contribution in [3.05, 3.63) is 28.5 Å². The van der Waals surface area contributed by atoms with E-state index in [9.17, 15) is 19.1 Å². The van der Waals surface area contributed by atoms with Gasteiger partial charge in [-0.15, -0.1) is 0 Å². The molecule has 1 aromatic carbocycles. The van der Waals surface area contributed by atoms with Gasteiger partial charge in [-0.2, -0.15) is 0 Å². The van der Waals surface area contributed by atoms with Crippen LogP contribution in [0.2, 0.25) is 0 Å². The Balaban J connectivity index is 1.88. The molecule has 108 valence electrons. The zero-order valence-electron chi connectivity index (χ0n) is 10.6. The number of halogens is 2. The van der Waals surface area contributed by atoms with Crippen LogP contribution in [-0.4, -0.2) is 29.1 Å². The summed E-state index contributed by atoms with van der Waals surface area (Å²) < 4.78 is 13.2. The smallest absolute Gasteiger partial charge is 0.313 e. The molecule has 7 heteroatoms. The Labute approximate surface area is 123 Å². The Bertz CT molecular complexity index is 546. The molecule has 1 aliphatic carbocycles. The fraction of sp³-hybridized carbons (Fsp3) is 0.385. The first-order valence-electron chi connectivity index (χ1n) is 6.16. The Morgan fingerprint density at radius 3 is 2.60 bits per heavy atom. The minimum absolute atomic E-state index is 0.0594. The van der Waals surface area contributed by atoms with Crippen LogP contribution >= 0.6 is 15.9 Å². The largest absolute Gasteiger partial charge is 0.388 e. The summed E-state index contributed by atoms with van der Waals surface area (Å²) in [5.41, 5.74) is -0.583. The second-order valence-electron chi connectivity index (χ2n) is 4.84. The highest BCUT2D eigenvalue weighted by atomic mass is 79.9. The Morgan fingerprint density at radius 2 is 2.05 bits per heavy atom. The normalized spacial score (nSPS) is 16.1. The van der Waals surface area contributed by atoms with E-state index in [2.05, 4.69) is 26.6 Å². The number of carbonyl (C=O) groups excluding carboxylic acids is 2. The lowest BCUT2D eigenvalue weighted by Gasteiger charge is -2.36. The number of rotatable bonds is 3. The van der Waals surface area contributed by atoms with Gasteiger partial charge in [0.1, 0.15) is 5.82 Å². The predicted octanol–water partition coefficient (Wildman–Crippen LogP) is 1.56. The summed E-state index contributed by atoms with van der Waals surface area (Å²) in [5, 5.41) is 14.6. The Hall–Kier alpha value is -1.47. The number of hydrogen-bond acceptors (Lipinski definition) is 3. The van der Waals surface area contributed by atoms with E-state index in [0.717, 1.165) is 6.42 Å². The van der Waals surface area contributed by atoms with Gasteiger partial charge in [-0.05, 0) is 53.4 Å². The molecule has 0 heterocycles. The maximum Gasteiger partial charge on any atom is 0.313 e. The van der Waals surface area contributed by atoms with E-state index < -0.39 is 23.2 Å². The van der Waals surface area contributed by atoms with Gasteiger partial charge in [-0.25, -0.2) is 4.39 Å². The first-order chi connectivity index (χ1) is 9.39. The van der Waals surface area contributed by atoms with Crippen LogP contribution < -0.4 is 10.6 Å². The van der Waals surface area contributed by atoms with Crippen LogP contribution in [0, 0.1) is 5.82 Å². The highest BCUT2D eigenvalue weighted by molar-refractivity contribution is 9.10. The molecular weight excluding hydrogens is 331 g/mol. The number of nitrogens with one attached hydrogen (secondary N) is 2. The summed E-state index contributed by atoms with van der Waals surface area (Å²) in [6, 6.07) is 3.71. The van der Waals surface area contributed by atoms with Crippen molar-refractivity contribution >= 4 is 33.4 Å². The minimum Gasteiger partial charge on any atom is -0.388 e. The maximum atomic E-state index is 12.9. The van der Waals surface area contributed by atoms with Gasteiger partial charge < -0.3 is 15.7 Å². The lowest BCUT2D eigenvalue weighted by Crippen LogP contribution is -2.49. The van der Waals surface area contributed by atoms with E-state index >= 15 is 0 Å². The fourth-order valence-electron chi connectivity index (χ4n) is 1.86. The van der Waals surface area contributed by atoms with Crippen molar-refractivity contribution in [2.24, 2.45) is 0 Å². The average molecular weight is 345 g/mol. The van der Waals surface area contributed by atoms with Gasteiger partial charge in [-0.1, -0.05) is 0 Å². The van der Waals surface area contributed by atoms with Gasteiger partial charge in [0.15, 0.2) is 0 Å². The number of amides is 2. The Kier molecular flexibility index (Phi) is 4.39. The number of carbonyl (C=O) groups is 2. The van der Waals surface area contributed by atoms with E-state index in [-0.39, 0.29) is 6.54 Å². The standard InChI is InChI=1S/C13H14BrFN2O3/c14-9-6-8(15)2-3-10(9)17-12(19)11(18)16-7-13(20)4-1-5-13/h2-3,6,20H,1,4-5,7H2,(H,16,18)(H,17,19). The van der Waals surface area contributed by atoms with Crippen molar-refractivity contribution in [2.75, 3.05) is 11.9 Å². The van der Waals surface area contributed by atoms with Crippen LogP contribution in [0.1, 0.15) is 19.3 Å². The zero-order valence-corrected chi connectivity index (χ0v) is 12.2. The molecule has 3 N–H and O–H groups in total. The molecule has 2 rings (SSSR count). The van der Waals surface area contributed by atoms with Gasteiger partial charge in [0.25, 0.3) is 0 Å². The summed E-state index contributed by atoms with van der Waals surface area (Å²) in [6.45, 7) is 0.0594. The summed E-state index contributed by atoms with van der Waals surface area (Å²) in [6.07, 6.45) is 2.16. The first-order valence-corrected chi connectivity index (χ1v) is 6.96. The van der Waals surface area contributed by atoms with Gasteiger partial charge in [0, 0.05) is 11.0 Å². The topological polar surface area (TPSA) is 78.4 Å². The van der Waals surface area contributed by atoms with Crippen LogP contribution in [0.4, 0.5) is 10.1 Å². The van der Waals surface area contributed by atoms with Crippen molar-refractivity contribution in [1.82, 2.24) is 5.32 Å². The molecule has 1 aromatic rings. The van der Waals surface area contributed by atoms with Crippen LogP contribution in [0.15, 0.2) is 22.7 Å². The van der Waals surface area contributed by atoms with Crippen molar-refractivity contribution < 1.29 is 19.1 Å². The summed E-state index contributed by atoms with van der Waals surface area (Å²) in [7, 11) is 0. The fourth-order valence-corrected chi connectivity index (χ4v) is 2.31. The lowest BCUT2D eigenvalue weighted by molar-refractivity contribution is -0.137. The quantitative estimate of drug-likeness (QED) is 0.728. The zero-order chi connectivity index (χ0) is 14.8. The minimum atomic E-state index is -0.883. The third kappa shape index (κ3) is 3.55. The molecule has 1 aliphatic rings. The maximum absolute atomic E-state index is 12.9. The lowest BCUT2D eigenvalue weighted by atomic mass is 9.80. The Morgan fingerprint density at radius 1 is 1.35 bits per heavy atom. The van der Waals surface area contributed by atoms with Gasteiger partial charge in [0.2, 0.25) is 0 Å². The van der Waals surface area contributed by atoms with E-state index in [1.54, 1.807) is 0 Å². The highest BCUT2D eigenvalue weighted by Crippen LogP contribution is 2.30. The van der Waals surface area contributed by atoms with Crippen molar-refractivity contribution in [3.63, 3.8) is 0 Å². The van der Waals surface area contributed by atoms with Crippen LogP contribution in [-0.2, 0) is 9.59 Å². The molecule has 0 bridgehead atoms. The van der Waals surface area contributed by atoms with Gasteiger partial charge in [0.05, 0.1) is 11.3 Å². The molecular formula is C13H14BrFN2O3. The summed E-state index contributed by atoms with van der Waals surface area (Å²) >= 11 is 3.09. The third-order valence-electron chi connectivity index (χ3n) is 3.25. The number of anilines is 1. The monoisotopic (exact) mass is 344 g/mol. The molecule has 2 amide bonds. The molecule has 0 saturated heterocycles. The second kappa shape index (κ2) is 5.88. The number of aliphatic hydroxyl groups is 1. The molecule has 0 unspecified atom stereocenters. The average Bonchev–Trinajstić information content (AvgIpc) is 2.36. The predicted molar refractivity (Wildman–Crippen MR) is 74.5 cm³/mol.